The first-order valence-electron chi connectivity index (χ1n) is 13.0. The maximum atomic E-state index is 13.2. The van der Waals surface area contributed by atoms with Gasteiger partial charge in [-0.05, 0) is 30.2 Å². The molecule has 1 aromatic carbocycles. The van der Waals surface area contributed by atoms with Crippen molar-refractivity contribution >= 4 is 32.7 Å². The molecule has 38 heavy (non-hydrogen) atoms. The van der Waals surface area contributed by atoms with Gasteiger partial charge in [0, 0.05) is 25.2 Å². The van der Waals surface area contributed by atoms with E-state index in [1.807, 2.05) is 19.1 Å². The van der Waals surface area contributed by atoms with Crippen LogP contribution >= 0.6 is 11.3 Å². The SMILES string of the molecule is CCCNC(=O)C1CCCN(c2nc3ncn(Cc4nc(-c5ccc(C(C)(C)C)cc5)no4)c(=O)c3s2)C1. The summed E-state index contributed by atoms with van der Waals surface area (Å²) in [5.41, 5.74) is 2.34. The molecule has 1 aliphatic rings. The van der Waals surface area contributed by atoms with E-state index in [2.05, 4.69) is 63.2 Å². The molecule has 0 saturated carbocycles. The van der Waals surface area contributed by atoms with Gasteiger partial charge in [-0.3, -0.25) is 14.2 Å². The second kappa shape index (κ2) is 10.6. The fraction of sp³-hybridized carbons (Fsp3) is 0.481. The van der Waals surface area contributed by atoms with Crippen molar-refractivity contribution in [1.29, 1.82) is 0 Å². The van der Waals surface area contributed by atoms with Gasteiger partial charge in [0.25, 0.3) is 5.56 Å². The molecule has 3 aromatic heterocycles. The number of rotatable bonds is 7. The number of piperidine rings is 1. The van der Waals surface area contributed by atoms with Crippen LogP contribution in [0.25, 0.3) is 21.7 Å². The lowest BCUT2D eigenvalue weighted by molar-refractivity contribution is -0.125. The highest BCUT2D eigenvalue weighted by Gasteiger charge is 2.28. The van der Waals surface area contributed by atoms with Gasteiger partial charge in [0.2, 0.25) is 17.6 Å². The molecule has 1 amide bonds. The third-order valence-corrected chi connectivity index (χ3v) is 7.86. The maximum Gasteiger partial charge on any atom is 0.273 e. The van der Waals surface area contributed by atoms with Crippen LogP contribution in [0.15, 0.2) is 39.9 Å². The van der Waals surface area contributed by atoms with Crippen LogP contribution in [0.4, 0.5) is 5.13 Å². The molecule has 1 unspecified atom stereocenters. The van der Waals surface area contributed by atoms with Crippen LogP contribution in [0, 0.1) is 5.92 Å². The van der Waals surface area contributed by atoms with Crippen molar-refractivity contribution < 1.29 is 9.32 Å². The number of aromatic nitrogens is 5. The topological polar surface area (TPSA) is 119 Å². The maximum absolute atomic E-state index is 13.2. The molecule has 11 heteroatoms. The Labute approximate surface area is 225 Å². The van der Waals surface area contributed by atoms with Crippen molar-refractivity contribution in [2.45, 2.75) is 58.9 Å². The average Bonchev–Trinajstić information content (AvgIpc) is 3.56. The van der Waals surface area contributed by atoms with Crippen LogP contribution in [-0.4, -0.2) is 50.2 Å². The molecular weight excluding hydrogens is 502 g/mol. The van der Waals surface area contributed by atoms with Gasteiger partial charge < -0.3 is 14.7 Å². The summed E-state index contributed by atoms with van der Waals surface area (Å²) in [5, 5.41) is 7.81. The summed E-state index contributed by atoms with van der Waals surface area (Å²) < 4.78 is 7.37. The summed E-state index contributed by atoms with van der Waals surface area (Å²) in [4.78, 5) is 41.3. The van der Waals surface area contributed by atoms with Crippen LogP contribution in [0.3, 0.4) is 0 Å². The molecule has 5 rings (SSSR count). The normalized spacial score (nSPS) is 16.2. The summed E-state index contributed by atoms with van der Waals surface area (Å²) in [7, 11) is 0. The number of fused-ring (bicyclic) bond motifs is 1. The van der Waals surface area contributed by atoms with Crippen molar-refractivity contribution in [2.75, 3.05) is 24.5 Å². The van der Waals surface area contributed by atoms with E-state index < -0.39 is 0 Å². The third kappa shape index (κ3) is 5.47. The number of nitrogens with zero attached hydrogens (tertiary/aromatic N) is 6. The zero-order valence-electron chi connectivity index (χ0n) is 22.2. The highest BCUT2D eigenvalue weighted by Crippen LogP contribution is 2.29. The minimum absolute atomic E-state index is 0.0588. The monoisotopic (exact) mass is 535 g/mol. The summed E-state index contributed by atoms with van der Waals surface area (Å²) in [6.45, 7) is 10.7. The Morgan fingerprint density at radius 3 is 2.74 bits per heavy atom. The molecule has 200 valence electrons. The van der Waals surface area contributed by atoms with E-state index in [1.54, 1.807) is 0 Å². The number of carbonyl (C=O) groups is 1. The molecule has 1 atom stereocenters. The van der Waals surface area contributed by atoms with Crippen molar-refractivity contribution in [3.63, 3.8) is 0 Å². The van der Waals surface area contributed by atoms with Gasteiger partial charge in [-0.2, -0.15) is 9.97 Å². The van der Waals surface area contributed by atoms with E-state index in [4.69, 9.17) is 4.52 Å². The fourth-order valence-electron chi connectivity index (χ4n) is 4.54. The Bertz CT molecular complexity index is 1480. The first-order valence-corrected chi connectivity index (χ1v) is 13.9. The molecule has 0 bridgehead atoms. The zero-order chi connectivity index (χ0) is 26.9. The van der Waals surface area contributed by atoms with Gasteiger partial charge in [0.1, 0.15) is 17.6 Å². The Morgan fingerprint density at radius 1 is 1.21 bits per heavy atom. The minimum Gasteiger partial charge on any atom is -0.356 e. The second-order valence-electron chi connectivity index (χ2n) is 10.7. The number of hydrogen-bond donors (Lipinski definition) is 1. The van der Waals surface area contributed by atoms with Gasteiger partial charge in [0.05, 0.1) is 5.92 Å². The molecule has 1 saturated heterocycles. The lowest BCUT2D eigenvalue weighted by Crippen LogP contribution is -2.43. The Hall–Kier alpha value is -3.60. The molecule has 0 spiro atoms. The number of nitrogens with one attached hydrogen (secondary N) is 1. The highest BCUT2D eigenvalue weighted by molar-refractivity contribution is 7.22. The van der Waals surface area contributed by atoms with Crippen LogP contribution in [-0.2, 0) is 16.8 Å². The molecule has 1 fully saturated rings. The number of benzene rings is 1. The van der Waals surface area contributed by atoms with Gasteiger partial charge >= 0.3 is 0 Å². The molecular formula is C27H33N7O3S. The molecule has 1 N–H and O–H groups in total. The van der Waals surface area contributed by atoms with Crippen molar-refractivity contribution in [1.82, 2.24) is 30.0 Å². The van der Waals surface area contributed by atoms with E-state index in [9.17, 15) is 9.59 Å². The van der Waals surface area contributed by atoms with Crippen LogP contribution in [0.5, 0.6) is 0 Å². The lowest BCUT2D eigenvalue weighted by atomic mass is 9.87. The van der Waals surface area contributed by atoms with Crippen molar-refractivity contribution in [3.05, 3.63) is 52.4 Å². The first kappa shape index (κ1) is 26.0. The summed E-state index contributed by atoms with van der Waals surface area (Å²) in [6, 6.07) is 8.09. The summed E-state index contributed by atoms with van der Waals surface area (Å²) in [5.74, 6) is 0.806. The smallest absolute Gasteiger partial charge is 0.273 e. The third-order valence-electron chi connectivity index (χ3n) is 6.77. The van der Waals surface area contributed by atoms with Crippen LogP contribution < -0.4 is 15.8 Å². The van der Waals surface area contributed by atoms with Crippen molar-refractivity contribution in [3.8, 4) is 11.4 Å². The molecule has 0 radical (unpaired) electrons. The lowest BCUT2D eigenvalue weighted by Gasteiger charge is -2.31. The highest BCUT2D eigenvalue weighted by atomic mass is 32.1. The molecule has 1 aliphatic heterocycles. The van der Waals surface area contributed by atoms with Crippen molar-refractivity contribution in [2.24, 2.45) is 5.92 Å². The van der Waals surface area contributed by atoms with E-state index >= 15 is 0 Å². The Morgan fingerprint density at radius 2 is 2.00 bits per heavy atom. The van der Waals surface area contributed by atoms with Gasteiger partial charge in [-0.1, -0.05) is 68.5 Å². The molecule has 4 aromatic rings. The van der Waals surface area contributed by atoms with Gasteiger partial charge in [-0.15, -0.1) is 0 Å². The predicted molar refractivity (Wildman–Crippen MR) is 147 cm³/mol. The number of amides is 1. The Kier molecular flexibility index (Phi) is 7.29. The van der Waals surface area contributed by atoms with Crippen LogP contribution in [0.2, 0.25) is 0 Å². The summed E-state index contributed by atoms with van der Waals surface area (Å²) in [6.07, 6.45) is 4.13. The second-order valence-corrected chi connectivity index (χ2v) is 11.7. The van der Waals surface area contributed by atoms with E-state index in [1.165, 1.54) is 27.8 Å². The molecule has 4 heterocycles. The van der Waals surface area contributed by atoms with E-state index in [0.717, 1.165) is 31.4 Å². The average molecular weight is 536 g/mol. The van der Waals surface area contributed by atoms with Gasteiger partial charge in [-0.25, -0.2) is 4.98 Å². The van der Waals surface area contributed by atoms with Gasteiger partial charge in [0.15, 0.2) is 10.8 Å². The fourth-order valence-corrected chi connectivity index (χ4v) is 5.55. The van der Waals surface area contributed by atoms with E-state index in [0.29, 0.717) is 40.3 Å². The zero-order valence-corrected chi connectivity index (χ0v) is 23.0. The molecule has 10 nitrogen and oxygen atoms in total. The van der Waals surface area contributed by atoms with E-state index in [-0.39, 0.29) is 29.3 Å². The number of anilines is 1. The Balaban J connectivity index is 1.31. The minimum atomic E-state index is -0.206. The number of thiazole rings is 1. The quantitative estimate of drug-likeness (QED) is 0.377. The van der Waals surface area contributed by atoms with Crippen LogP contribution in [0.1, 0.15) is 58.4 Å². The first-order chi connectivity index (χ1) is 18.2. The number of carbonyl (C=O) groups excluding carboxylic acids is 1. The molecule has 0 aliphatic carbocycles. The summed E-state index contributed by atoms with van der Waals surface area (Å²) >= 11 is 1.31. The number of hydrogen-bond acceptors (Lipinski definition) is 9. The largest absolute Gasteiger partial charge is 0.356 e. The predicted octanol–water partition coefficient (Wildman–Crippen LogP) is 3.99. The standard InChI is InChI=1S/C27H33N7O3S/c1-5-12-28-24(35)18-7-6-13-33(14-18)26-31-23-21(38-26)25(36)34(16-29-23)15-20-30-22(32-37-20)17-8-10-19(11-9-17)27(2,3)4/h8-11,16,18H,5-7,12-15H2,1-4H3,(H,28,35).